The number of carbonyl (C=O) groups excluding carboxylic acids is 1. The lowest BCUT2D eigenvalue weighted by Crippen LogP contribution is -2.28. The third-order valence-electron chi connectivity index (χ3n) is 4.01. The quantitative estimate of drug-likeness (QED) is 0.486. The van der Waals surface area contributed by atoms with Crippen molar-refractivity contribution in [3.05, 3.63) is 68.4 Å². The van der Waals surface area contributed by atoms with Crippen LogP contribution >= 0.6 is 35.0 Å². The first-order valence-electron chi connectivity index (χ1n) is 8.25. The molecule has 0 fully saturated rings. The standard InChI is InChI=1S/C19H17Cl2N3O2S/c1-24-18(26)14-4-2-3-5-16(14)23-19(24)27-11-17(25)22-9-8-12-6-7-13(20)10-15(12)21/h2-7,10H,8-9,11H2,1H3,(H,22,25). The fraction of sp³-hybridized carbons (Fsp3) is 0.211. The molecule has 1 amide bonds. The number of halogens is 2. The second kappa shape index (κ2) is 8.78. The van der Waals surface area contributed by atoms with E-state index in [1.54, 1.807) is 37.4 Å². The van der Waals surface area contributed by atoms with Crippen LogP contribution in [0.4, 0.5) is 0 Å². The Kier molecular flexibility index (Phi) is 6.42. The van der Waals surface area contributed by atoms with E-state index in [4.69, 9.17) is 23.2 Å². The molecule has 1 heterocycles. The summed E-state index contributed by atoms with van der Waals surface area (Å²) in [6, 6.07) is 12.5. The van der Waals surface area contributed by atoms with Gasteiger partial charge < -0.3 is 5.32 Å². The molecule has 0 unspecified atom stereocenters. The topological polar surface area (TPSA) is 64.0 Å². The molecule has 0 aliphatic carbocycles. The minimum absolute atomic E-state index is 0.124. The summed E-state index contributed by atoms with van der Waals surface area (Å²) < 4.78 is 1.47. The highest BCUT2D eigenvalue weighted by atomic mass is 35.5. The average Bonchev–Trinajstić information content (AvgIpc) is 2.65. The number of hydrogen-bond donors (Lipinski definition) is 1. The lowest BCUT2D eigenvalue weighted by Gasteiger charge is -2.09. The summed E-state index contributed by atoms with van der Waals surface area (Å²) in [4.78, 5) is 28.9. The van der Waals surface area contributed by atoms with Crippen molar-refractivity contribution in [2.45, 2.75) is 11.6 Å². The zero-order valence-corrected chi connectivity index (χ0v) is 16.9. The predicted molar refractivity (Wildman–Crippen MR) is 111 cm³/mol. The first-order chi connectivity index (χ1) is 13.0. The molecule has 0 saturated heterocycles. The lowest BCUT2D eigenvalue weighted by molar-refractivity contribution is -0.118. The van der Waals surface area contributed by atoms with E-state index in [1.807, 2.05) is 12.1 Å². The van der Waals surface area contributed by atoms with Gasteiger partial charge in [-0.3, -0.25) is 14.2 Å². The third-order valence-corrected chi connectivity index (χ3v) is 5.62. The minimum atomic E-state index is -0.132. The number of fused-ring (bicyclic) bond motifs is 1. The molecule has 2 aromatic carbocycles. The lowest BCUT2D eigenvalue weighted by atomic mass is 10.1. The van der Waals surface area contributed by atoms with Gasteiger partial charge in [-0.1, -0.05) is 53.2 Å². The van der Waals surface area contributed by atoms with E-state index in [0.717, 1.165) is 5.56 Å². The maximum atomic E-state index is 12.4. The van der Waals surface area contributed by atoms with Crippen LogP contribution in [0.15, 0.2) is 52.4 Å². The van der Waals surface area contributed by atoms with E-state index in [2.05, 4.69) is 10.3 Å². The number of thioether (sulfide) groups is 1. The summed E-state index contributed by atoms with van der Waals surface area (Å²) in [6.45, 7) is 0.463. The normalized spacial score (nSPS) is 10.9. The molecule has 3 aromatic rings. The summed E-state index contributed by atoms with van der Waals surface area (Å²) in [6.07, 6.45) is 0.610. The van der Waals surface area contributed by atoms with Gasteiger partial charge in [-0.05, 0) is 36.2 Å². The number of rotatable bonds is 6. The van der Waals surface area contributed by atoms with Crippen LogP contribution < -0.4 is 10.9 Å². The van der Waals surface area contributed by atoms with E-state index in [1.165, 1.54) is 16.3 Å². The summed E-state index contributed by atoms with van der Waals surface area (Å²) in [5.74, 6) is 0.0416. The Morgan fingerprint density at radius 1 is 1.22 bits per heavy atom. The van der Waals surface area contributed by atoms with Crippen LogP contribution in [0.2, 0.25) is 10.0 Å². The van der Waals surface area contributed by atoms with E-state index in [9.17, 15) is 9.59 Å². The second-order valence-electron chi connectivity index (χ2n) is 5.90. The van der Waals surface area contributed by atoms with Crippen molar-refractivity contribution in [2.24, 2.45) is 7.05 Å². The summed E-state index contributed by atoms with van der Waals surface area (Å²) in [7, 11) is 1.66. The molecule has 0 atom stereocenters. The summed E-state index contributed by atoms with van der Waals surface area (Å²) >= 11 is 13.2. The molecule has 0 spiro atoms. The van der Waals surface area contributed by atoms with Crippen LogP contribution in [-0.4, -0.2) is 27.8 Å². The largest absolute Gasteiger partial charge is 0.355 e. The Hall–Kier alpha value is -2.02. The molecular formula is C19H17Cl2N3O2S. The highest BCUT2D eigenvalue weighted by Gasteiger charge is 2.11. The number of nitrogens with zero attached hydrogens (tertiary/aromatic N) is 2. The predicted octanol–water partition coefficient (Wildman–Crippen LogP) is 3.69. The van der Waals surface area contributed by atoms with Crippen LogP contribution in [0.5, 0.6) is 0 Å². The Labute approximate surface area is 170 Å². The monoisotopic (exact) mass is 421 g/mol. The van der Waals surface area contributed by atoms with Gasteiger partial charge in [0.2, 0.25) is 5.91 Å². The van der Waals surface area contributed by atoms with Crippen molar-refractivity contribution >= 4 is 51.8 Å². The van der Waals surface area contributed by atoms with Crippen LogP contribution in [0.25, 0.3) is 10.9 Å². The van der Waals surface area contributed by atoms with E-state index < -0.39 is 0 Å². The zero-order chi connectivity index (χ0) is 19.4. The molecule has 0 bridgehead atoms. The average molecular weight is 422 g/mol. The van der Waals surface area contributed by atoms with Crippen LogP contribution in [0.1, 0.15) is 5.56 Å². The van der Waals surface area contributed by atoms with Gasteiger partial charge >= 0.3 is 0 Å². The van der Waals surface area contributed by atoms with Crippen LogP contribution in [0.3, 0.4) is 0 Å². The number of aromatic nitrogens is 2. The maximum absolute atomic E-state index is 12.4. The Balaban J connectivity index is 1.57. The van der Waals surface area contributed by atoms with Crippen molar-refractivity contribution in [1.82, 2.24) is 14.9 Å². The van der Waals surface area contributed by atoms with Crippen molar-refractivity contribution < 1.29 is 4.79 Å². The molecule has 27 heavy (non-hydrogen) atoms. The maximum Gasteiger partial charge on any atom is 0.261 e. The van der Waals surface area contributed by atoms with E-state index in [0.29, 0.717) is 39.1 Å². The minimum Gasteiger partial charge on any atom is -0.355 e. The zero-order valence-electron chi connectivity index (χ0n) is 14.5. The number of amides is 1. The summed E-state index contributed by atoms with van der Waals surface area (Å²) in [5, 5.41) is 5.09. The summed E-state index contributed by atoms with van der Waals surface area (Å²) in [5.41, 5.74) is 1.43. The number of hydrogen-bond acceptors (Lipinski definition) is 4. The van der Waals surface area contributed by atoms with Gasteiger partial charge in [-0.2, -0.15) is 0 Å². The molecule has 5 nitrogen and oxygen atoms in total. The molecule has 0 saturated carbocycles. The molecule has 140 valence electrons. The molecule has 3 rings (SSSR count). The first-order valence-corrected chi connectivity index (χ1v) is 9.99. The highest BCUT2D eigenvalue weighted by Crippen LogP contribution is 2.21. The Bertz CT molecular complexity index is 1050. The fourth-order valence-electron chi connectivity index (χ4n) is 2.57. The second-order valence-corrected chi connectivity index (χ2v) is 7.69. The van der Waals surface area contributed by atoms with Gasteiger partial charge in [0.1, 0.15) is 0 Å². The van der Waals surface area contributed by atoms with Gasteiger partial charge in [0.25, 0.3) is 5.56 Å². The Morgan fingerprint density at radius 2 is 2.00 bits per heavy atom. The smallest absolute Gasteiger partial charge is 0.261 e. The van der Waals surface area contributed by atoms with Gasteiger partial charge in [0.05, 0.1) is 16.7 Å². The number of para-hydroxylation sites is 1. The van der Waals surface area contributed by atoms with Crippen LogP contribution in [0, 0.1) is 0 Å². The molecule has 0 aliphatic rings. The van der Waals surface area contributed by atoms with Crippen LogP contribution in [-0.2, 0) is 18.3 Å². The van der Waals surface area contributed by atoms with Crippen molar-refractivity contribution in [2.75, 3.05) is 12.3 Å². The molecule has 0 radical (unpaired) electrons. The number of carbonyl (C=O) groups is 1. The first kappa shape index (κ1) is 19.7. The van der Waals surface area contributed by atoms with Crippen molar-refractivity contribution in [3.63, 3.8) is 0 Å². The van der Waals surface area contributed by atoms with Gasteiger partial charge in [0, 0.05) is 23.6 Å². The molecule has 1 aromatic heterocycles. The van der Waals surface area contributed by atoms with Crippen molar-refractivity contribution in [1.29, 1.82) is 0 Å². The van der Waals surface area contributed by atoms with E-state index in [-0.39, 0.29) is 17.2 Å². The molecule has 8 heteroatoms. The van der Waals surface area contributed by atoms with Crippen molar-refractivity contribution in [3.8, 4) is 0 Å². The van der Waals surface area contributed by atoms with Gasteiger partial charge in [0.15, 0.2) is 5.16 Å². The highest BCUT2D eigenvalue weighted by molar-refractivity contribution is 7.99. The SMILES string of the molecule is Cn1c(SCC(=O)NCCc2ccc(Cl)cc2Cl)nc2ccccc2c1=O. The number of benzene rings is 2. The molecule has 1 N–H and O–H groups in total. The molecule has 0 aliphatic heterocycles. The Morgan fingerprint density at radius 3 is 2.78 bits per heavy atom. The van der Waals surface area contributed by atoms with E-state index >= 15 is 0 Å². The fourth-order valence-corrected chi connectivity index (χ4v) is 3.87. The molecular weight excluding hydrogens is 405 g/mol. The van der Waals surface area contributed by atoms with Gasteiger partial charge in [-0.15, -0.1) is 0 Å². The number of nitrogens with one attached hydrogen (secondary N) is 1. The third kappa shape index (κ3) is 4.83. The van der Waals surface area contributed by atoms with Gasteiger partial charge in [-0.25, -0.2) is 4.98 Å².